The second kappa shape index (κ2) is 5.37. The molecule has 15 heavy (non-hydrogen) atoms. The van der Waals surface area contributed by atoms with E-state index < -0.39 is 0 Å². The predicted octanol–water partition coefficient (Wildman–Crippen LogP) is 0.360. The lowest BCUT2D eigenvalue weighted by atomic mass is 10.4. The fourth-order valence-corrected chi connectivity index (χ4v) is 1.37. The van der Waals surface area contributed by atoms with E-state index in [1.165, 1.54) is 4.57 Å². The van der Waals surface area contributed by atoms with Crippen molar-refractivity contribution in [3.63, 3.8) is 0 Å². The van der Waals surface area contributed by atoms with Gasteiger partial charge in [-0.15, -0.1) is 6.42 Å². The summed E-state index contributed by atoms with van der Waals surface area (Å²) in [5.41, 5.74) is -0.242. The maximum absolute atomic E-state index is 11.5. The topological polar surface area (TPSA) is 51.1 Å². The van der Waals surface area contributed by atoms with Gasteiger partial charge in [-0.1, -0.05) is 5.92 Å². The summed E-state index contributed by atoms with van der Waals surface area (Å²) in [6.45, 7) is 0.140. The molecule has 0 bridgehead atoms. The average Bonchev–Trinajstić information content (AvgIpc) is 2.22. The SMILES string of the molecule is C#CCNC(=O)Cn1cccc(Br)c1=O. The van der Waals surface area contributed by atoms with E-state index in [0.717, 1.165) is 0 Å². The summed E-state index contributed by atoms with van der Waals surface area (Å²) in [5.74, 6) is 2.00. The van der Waals surface area contributed by atoms with Gasteiger partial charge < -0.3 is 9.88 Å². The van der Waals surface area contributed by atoms with E-state index in [1.54, 1.807) is 18.3 Å². The number of rotatable bonds is 3. The summed E-state index contributed by atoms with van der Waals surface area (Å²) >= 11 is 3.09. The molecule has 0 aliphatic rings. The van der Waals surface area contributed by atoms with E-state index in [2.05, 4.69) is 27.2 Å². The Bertz CT molecular complexity index is 459. The van der Waals surface area contributed by atoms with Gasteiger partial charge in [0.1, 0.15) is 6.54 Å². The number of pyridine rings is 1. The quantitative estimate of drug-likeness (QED) is 0.805. The molecule has 0 saturated heterocycles. The molecule has 0 aliphatic carbocycles. The monoisotopic (exact) mass is 268 g/mol. The van der Waals surface area contributed by atoms with E-state index >= 15 is 0 Å². The summed E-state index contributed by atoms with van der Waals surface area (Å²) in [4.78, 5) is 22.7. The van der Waals surface area contributed by atoms with Crippen LogP contribution in [0.3, 0.4) is 0 Å². The van der Waals surface area contributed by atoms with Crippen molar-refractivity contribution in [2.45, 2.75) is 6.54 Å². The van der Waals surface area contributed by atoms with Crippen LogP contribution in [-0.4, -0.2) is 17.0 Å². The Morgan fingerprint density at radius 3 is 3.07 bits per heavy atom. The number of hydrogen-bond acceptors (Lipinski definition) is 2. The van der Waals surface area contributed by atoms with E-state index in [0.29, 0.717) is 4.47 Å². The first-order chi connectivity index (χ1) is 7.15. The van der Waals surface area contributed by atoms with E-state index in [9.17, 15) is 9.59 Å². The van der Waals surface area contributed by atoms with Crippen molar-refractivity contribution in [2.75, 3.05) is 6.54 Å². The number of carbonyl (C=O) groups excluding carboxylic acids is 1. The first kappa shape index (κ1) is 11.5. The zero-order valence-electron chi connectivity index (χ0n) is 7.87. The molecular weight excluding hydrogens is 260 g/mol. The molecule has 0 fully saturated rings. The van der Waals surface area contributed by atoms with E-state index in [-0.39, 0.29) is 24.6 Å². The fourth-order valence-electron chi connectivity index (χ4n) is 0.992. The smallest absolute Gasteiger partial charge is 0.265 e. The highest BCUT2D eigenvalue weighted by molar-refractivity contribution is 9.10. The van der Waals surface area contributed by atoms with Crippen LogP contribution in [0.4, 0.5) is 0 Å². The number of nitrogens with zero attached hydrogens (tertiary/aromatic N) is 1. The van der Waals surface area contributed by atoms with Crippen molar-refractivity contribution >= 4 is 21.8 Å². The van der Waals surface area contributed by atoms with Crippen molar-refractivity contribution in [3.05, 3.63) is 33.2 Å². The van der Waals surface area contributed by atoms with Gasteiger partial charge in [0.05, 0.1) is 11.0 Å². The molecular formula is C10H9BrN2O2. The minimum atomic E-state index is -0.284. The Labute approximate surface area is 95.4 Å². The van der Waals surface area contributed by atoms with E-state index in [1.807, 2.05) is 0 Å². The zero-order valence-corrected chi connectivity index (χ0v) is 9.45. The van der Waals surface area contributed by atoms with Crippen molar-refractivity contribution in [1.29, 1.82) is 0 Å². The summed E-state index contributed by atoms with van der Waals surface area (Å²) in [5, 5.41) is 2.48. The maximum atomic E-state index is 11.5. The molecule has 1 rings (SSSR count). The minimum absolute atomic E-state index is 0.0278. The summed E-state index contributed by atoms with van der Waals surface area (Å²) in [6.07, 6.45) is 6.53. The lowest BCUT2D eigenvalue weighted by molar-refractivity contribution is -0.121. The second-order valence-corrected chi connectivity index (χ2v) is 3.62. The van der Waals surface area contributed by atoms with Gasteiger partial charge in [0.25, 0.3) is 5.56 Å². The van der Waals surface area contributed by atoms with Crippen LogP contribution in [0.2, 0.25) is 0 Å². The Morgan fingerprint density at radius 2 is 2.40 bits per heavy atom. The first-order valence-electron chi connectivity index (χ1n) is 4.20. The lowest BCUT2D eigenvalue weighted by Gasteiger charge is -2.05. The zero-order chi connectivity index (χ0) is 11.3. The summed E-state index contributed by atoms with van der Waals surface area (Å²) in [6, 6.07) is 3.30. The van der Waals surface area contributed by atoms with Crippen molar-refractivity contribution < 1.29 is 4.79 Å². The molecule has 0 unspecified atom stereocenters. The lowest BCUT2D eigenvalue weighted by Crippen LogP contribution is -2.32. The van der Waals surface area contributed by atoms with Crippen LogP contribution in [0.1, 0.15) is 0 Å². The van der Waals surface area contributed by atoms with Gasteiger partial charge >= 0.3 is 0 Å². The molecule has 1 aromatic rings. The van der Waals surface area contributed by atoms with Gasteiger partial charge in [-0.25, -0.2) is 0 Å². The van der Waals surface area contributed by atoms with Crippen LogP contribution in [0.15, 0.2) is 27.6 Å². The third-order valence-electron chi connectivity index (χ3n) is 1.68. The Kier molecular flexibility index (Phi) is 4.13. The van der Waals surface area contributed by atoms with Crippen LogP contribution in [0, 0.1) is 12.3 Å². The maximum Gasteiger partial charge on any atom is 0.265 e. The van der Waals surface area contributed by atoms with Gasteiger partial charge in [0, 0.05) is 6.20 Å². The fraction of sp³-hybridized carbons (Fsp3) is 0.200. The first-order valence-corrected chi connectivity index (χ1v) is 4.99. The minimum Gasteiger partial charge on any atom is -0.344 e. The van der Waals surface area contributed by atoms with Gasteiger partial charge in [0.15, 0.2) is 0 Å². The molecule has 1 aromatic heterocycles. The molecule has 4 nitrogen and oxygen atoms in total. The van der Waals surface area contributed by atoms with Crippen LogP contribution >= 0.6 is 15.9 Å². The molecule has 78 valence electrons. The third kappa shape index (κ3) is 3.26. The molecule has 0 spiro atoms. The van der Waals surface area contributed by atoms with Crippen LogP contribution < -0.4 is 10.9 Å². The van der Waals surface area contributed by atoms with Gasteiger partial charge in [-0.05, 0) is 28.1 Å². The third-order valence-corrected chi connectivity index (χ3v) is 2.28. The number of hydrogen-bond donors (Lipinski definition) is 1. The standard InChI is InChI=1S/C10H9BrN2O2/c1-2-5-12-9(14)7-13-6-3-4-8(11)10(13)15/h1,3-4,6H,5,7H2,(H,12,14). The van der Waals surface area contributed by atoms with Crippen molar-refractivity contribution in [3.8, 4) is 12.3 Å². The highest BCUT2D eigenvalue weighted by Crippen LogP contribution is 2.00. The molecule has 0 aliphatic heterocycles. The van der Waals surface area contributed by atoms with Gasteiger partial charge in [-0.2, -0.15) is 0 Å². The Hall–Kier alpha value is -1.54. The molecule has 0 atom stereocenters. The number of carbonyl (C=O) groups is 1. The van der Waals surface area contributed by atoms with Crippen LogP contribution in [-0.2, 0) is 11.3 Å². The number of aromatic nitrogens is 1. The molecule has 1 amide bonds. The molecule has 0 aromatic carbocycles. The van der Waals surface area contributed by atoms with Crippen molar-refractivity contribution in [1.82, 2.24) is 9.88 Å². The van der Waals surface area contributed by atoms with E-state index in [4.69, 9.17) is 6.42 Å². The molecule has 1 N–H and O–H groups in total. The summed E-state index contributed by atoms with van der Waals surface area (Å²) in [7, 11) is 0. The van der Waals surface area contributed by atoms with Crippen molar-refractivity contribution in [2.24, 2.45) is 0 Å². The Balaban J connectivity index is 2.74. The molecule has 0 saturated carbocycles. The Morgan fingerprint density at radius 1 is 1.67 bits per heavy atom. The van der Waals surface area contributed by atoms with Gasteiger partial charge in [0.2, 0.25) is 5.91 Å². The largest absolute Gasteiger partial charge is 0.344 e. The summed E-state index contributed by atoms with van der Waals surface area (Å²) < 4.78 is 1.73. The second-order valence-electron chi connectivity index (χ2n) is 2.77. The normalized spacial score (nSPS) is 9.33. The molecule has 1 heterocycles. The average molecular weight is 269 g/mol. The molecule has 0 radical (unpaired) electrons. The number of halogens is 1. The predicted molar refractivity (Wildman–Crippen MR) is 60.2 cm³/mol. The van der Waals surface area contributed by atoms with Crippen LogP contribution in [0.25, 0.3) is 0 Å². The van der Waals surface area contributed by atoms with Crippen LogP contribution in [0.5, 0.6) is 0 Å². The highest BCUT2D eigenvalue weighted by Gasteiger charge is 2.04. The number of amides is 1. The van der Waals surface area contributed by atoms with Gasteiger partial charge in [-0.3, -0.25) is 9.59 Å². The highest BCUT2D eigenvalue weighted by atomic mass is 79.9. The number of terminal acetylenes is 1. The molecule has 5 heteroatoms. The number of nitrogens with one attached hydrogen (secondary N) is 1.